The van der Waals surface area contributed by atoms with Gasteiger partial charge >= 0.3 is 6.36 Å². The van der Waals surface area contributed by atoms with E-state index < -0.39 is 6.36 Å². The number of thioether (sulfide) groups is 1. The molecule has 47 heavy (non-hydrogen) atoms. The van der Waals surface area contributed by atoms with Crippen LogP contribution in [0.5, 0.6) is 5.75 Å². The lowest BCUT2D eigenvalue weighted by atomic mass is 10.0. The summed E-state index contributed by atoms with van der Waals surface area (Å²) in [6.07, 6.45) is -1.60. The number of nitrogens with one attached hydrogen (secondary N) is 1. The molecule has 0 radical (unpaired) electrons. The molecule has 0 spiro atoms. The van der Waals surface area contributed by atoms with Crippen molar-refractivity contribution in [3.8, 4) is 22.8 Å². The second-order valence-electron chi connectivity index (χ2n) is 11.2. The predicted molar refractivity (Wildman–Crippen MR) is 176 cm³/mol. The van der Waals surface area contributed by atoms with Crippen LogP contribution >= 0.6 is 11.8 Å². The number of carbonyl (C=O) groups excluding carboxylic acids is 1. The van der Waals surface area contributed by atoms with E-state index in [1.165, 1.54) is 36.0 Å². The number of hydrogen-bond donors (Lipinski definition) is 1. The number of carbonyl (C=O) groups is 1. The molecule has 0 atom stereocenters. The van der Waals surface area contributed by atoms with Gasteiger partial charge in [-0.1, -0.05) is 68.1 Å². The van der Waals surface area contributed by atoms with Crippen LogP contribution in [-0.4, -0.2) is 63.4 Å². The van der Waals surface area contributed by atoms with E-state index in [-0.39, 0.29) is 23.6 Å². The van der Waals surface area contributed by atoms with Crippen LogP contribution < -0.4 is 15.0 Å². The van der Waals surface area contributed by atoms with Crippen LogP contribution in [0.25, 0.3) is 17.1 Å². The molecule has 1 amide bonds. The van der Waals surface area contributed by atoms with Crippen molar-refractivity contribution in [2.75, 3.05) is 29.2 Å². The minimum atomic E-state index is -4.78. The number of ether oxygens (including phenoxy) is 2. The summed E-state index contributed by atoms with van der Waals surface area (Å²) in [4.78, 5) is 19.1. The summed E-state index contributed by atoms with van der Waals surface area (Å²) in [5.74, 6) is 1.07. The number of anilines is 2. The van der Waals surface area contributed by atoms with Gasteiger partial charge in [0.2, 0.25) is 11.9 Å². The van der Waals surface area contributed by atoms with E-state index in [0.29, 0.717) is 41.6 Å². The molecule has 3 aromatic carbocycles. The van der Waals surface area contributed by atoms with E-state index in [9.17, 15) is 18.0 Å². The normalized spacial score (nSPS) is 16.9. The molecule has 2 aliphatic heterocycles. The second kappa shape index (κ2) is 14.0. The van der Waals surface area contributed by atoms with Gasteiger partial charge in [0.15, 0.2) is 11.0 Å². The van der Waals surface area contributed by atoms with Crippen molar-refractivity contribution in [2.45, 2.75) is 45.0 Å². The first kappa shape index (κ1) is 32.3. The van der Waals surface area contributed by atoms with Gasteiger partial charge < -0.3 is 14.8 Å². The van der Waals surface area contributed by atoms with Gasteiger partial charge in [-0.15, -0.1) is 23.4 Å². The molecule has 2 aliphatic rings. The Balaban J connectivity index is 1.22. The maximum absolute atomic E-state index is 12.8. The van der Waals surface area contributed by atoms with Gasteiger partial charge in [-0.25, -0.2) is 0 Å². The number of hydrogen-bond acceptors (Lipinski definition) is 9. The Bertz CT molecular complexity index is 1770. The maximum Gasteiger partial charge on any atom is 0.573 e. The second-order valence-corrected chi connectivity index (χ2v) is 12.2. The van der Waals surface area contributed by atoms with Crippen molar-refractivity contribution in [1.82, 2.24) is 14.8 Å². The Kier molecular flexibility index (Phi) is 9.59. The van der Waals surface area contributed by atoms with Crippen molar-refractivity contribution >= 4 is 40.7 Å². The quantitative estimate of drug-likeness (QED) is 0.152. The van der Waals surface area contributed by atoms with E-state index in [1.54, 1.807) is 15.8 Å². The van der Waals surface area contributed by atoms with Gasteiger partial charge in [0.1, 0.15) is 5.75 Å². The minimum Gasteiger partial charge on any atom is -0.406 e. The number of alkyl halides is 3. The van der Waals surface area contributed by atoms with Crippen LogP contribution in [0.2, 0.25) is 0 Å². The summed E-state index contributed by atoms with van der Waals surface area (Å²) in [5, 5.41) is 17.3. The summed E-state index contributed by atoms with van der Waals surface area (Å²) in [5.41, 5.74) is 3.91. The number of amides is 1. The molecule has 3 heterocycles. The van der Waals surface area contributed by atoms with Gasteiger partial charge in [-0.2, -0.15) is 14.8 Å². The zero-order valence-corrected chi connectivity index (χ0v) is 26.5. The maximum atomic E-state index is 12.8. The standard InChI is InChI=1S/C33H32F3N7O3S/c1-21(2)27-5-3-4-6-28(27)42-29(44)20-47-32(42)40-37-19-22-7-9-23(10-8-22)30-39-31(38-24-15-17-45-18-16-24)43(41-30)25-11-13-26(14-12-25)46-33(34,35)36/h3-14,19,21,24H,15-18,20H2,1-2H3,(H,38,39,41)/b37-19+,40-32-. The topological polar surface area (TPSA) is 106 Å². The number of aromatic nitrogens is 3. The number of benzene rings is 3. The largest absolute Gasteiger partial charge is 0.573 e. The number of halogens is 3. The third kappa shape index (κ3) is 7.83. The molecular weight excluding hydrogens is 631 g/mol. The van der Waals surface area contributed by atoms with Gasteiger partial charge in [0.25, 0.3) is 0 Å². The fraction of sp³-hybridized carbons (Fsp3) is 0.303. The number of amidine groups is 1. The highest BCUT2D eigenvalue weighted by Gasteiger charge is 2.32. The Morgan fingerprint density at radius 3 is 2.47 bits per heavy atom. The molecule has 0 saturated carbocycles. The van der Waals surface area contributed by atoms with Gasteiger partial charge in [0, 0.05) is 24.8 Å². The molecule has 10 nitrogen and oxygen atoms in total. The van der Waals surface area contributed by atoms with Crippen LogP contribution in [0.3, 0.4) is 0 Å². The lowest BCUT2D eigenvalue weighted by Gasteiger charge is -2.23. The molecule has 2 fully saturated rings. The highest BCUT2D eigenvalue weighted by atomic mass is 32.2. The molecule has 1 N–H and O–H groups in total. The fourth-order valence-corrected chi connectivity index (χ4v) is 6.05. The van der Waals surface area contributed by atoms with Crippen molar-refractivity contribution in [3.05, 3.63) is 83.9 Å². The zero-order chi connectivity index (χ0) is 33.0. The Labute approximate surface area is 273 Å². The first-order valence-corrected chi connectivity index (χ1v) is 16.1. The predicted octanol–water partition coefficient (Wildman–Crippen LogP) is 7.02. The lowest BCUT2D eigenvalue weighted by molar-refractivity contribution is -0.274. The molecule has 0 aliphatic carbocycles. The molecule has 0 unspecified atom stereocenters. The summed E-state index contributed by atoms with van der Waals surface area (Å²) >= 11 is 1.35. The van der Waals surface area contributed by atoms with Gasteiger partial charge in [0.05, 0.1) is 23.3 Å². The third-order valence-corrected chi connectivity index (χ3v) is 8.47. The van der Waals surface area contributed by atoms with Crippen molar-refractivity contribution < 1.29 is 27.4 Å². The van der Waals surface area contributed by atoms with Crippen LogP contribution in [0, 0.1) is 0 Å². The summed E-state index contributed by atoms with van der Waals surface area (Å²) in [6, 6.07) is 20.8. The number of para-hydroxylation sites is 1. The number of nitrogens with zero attached hydrogens (tertiary/aromatic N) is 6. The fourth-order valence-electron chi connectivity index (χ4n) is 5.24. The van der Waals surface area contributed by atoms with Crippen molar-refractivity contribution in [2.24, 2.45) is 10.2 Å². The summed E-state index contributed by atoms with van der Waals surface area (Å²) in [6.45, 7) is 5.41. The molecule has 244 valence electrons. The molecule has 0 bridgehead atoms. The number of rotatable bonds is 9. The van der Waals surface area contributed by atoms with Crippen LogP contribution in [0.4, 0.5) is 24.8 Å². The van der Waals surface area contributed by atoms with E-state index >= 15 is 0 Å². The van der Waals surface area contributed by atoms with Crippen LogP contribution in [0.15, 0.2) is 83.0 Å². The average molecular weight is 664 g/mol. The average Bonchev–Trinajstić information content (AvgIpc) is 3.64. The highest BCUT2D eigenvalue weighted by Crippen LogP contribution is 2.33. The zero-order valence-electron chi connectivity index (χ0n) is 25.6. The molecular formula is C33H32F3N7O3S. The first-order valence-electron chi connectivity index (χ1n) is 15.1. The van der Waals surface area contributed by atoms with Crippen LogP contribution in [0.1, 0.15) is 43.7 Å². The summed E-state index contributed by atoms with van der Waals surface area (Å²) in [7, 11) is 0. The first-order chi connectivity index (χ1) is 22.6. The highest BCUT2D eigenvalue weighted by molar-refractivity contribution is 8.15. The third-order valence-electron chi connectivity index (χ3n) is 7.56. The SMILES string of the molecule is CC(C)c1ccccc1N1C(=O)CS/C1=N\N=C\c1ccc(-c2nc(NC3CCOCC3)n(-c3ccc(OC(F)(F)F)cc3)n2)cc1. The van der Waals surface area contributed by atoms with Crippen molar-refractivity contribution in [1.29, 1.82) is 0 Å². The van der Waals surface area contributed by atoms with E-state index in [1.807, 2.05) is 48.5 Å². The molecule has 6 rings (SSSR count). The van der Waals surface area contributed by atoms with E-state index in [2.05, 4.69) is 39.2 Å². The molecule has 4 aromatic rings. The minimum absolute atomic E-state index is 0.0374. The molecule has 2 saturated heterocycles. The lowest BCUT2D eigenvalue weighted by Crippen LogP contribution is -2.30. The van der Waals surface area contributed by atoms with E-state index in [0.717, 1.165) is 35.2 Å². The van der Waals surface area contributed by atoms with Crippen molar-refractivity contribution in [3.63, 3.8) is 0 Å². The summed E-state index contributed by atoms with van der Waals surface area (Å²) < 4.78 is 49.1. The van der Waals surface area contributed by atoms with Gasteiger partial charge in [-0.3, -0.25) is 9.69 Å². The molecule has 1 aromatic heterocycles. The Morgan fingerprint density at radius 1 is 1.04 bits per heavy atom. The monoisotopic (exact) mass is 663 g/mol. The molecule has 14 heteroatoms. The Morgan fingerprint density at radius 2 is 1.77 bits per heavy atom. The van der Waals surface area contributed by atoms with Gasteiger partial charge in [-0.05, 0) is 60.2 Å². The van der Waals surface area contributed by atoms with E-state index in [4.69, 9.17) is 9.72 Å². The van der Waals surface area contributed by atoms with Crippen LogP contribution in [-0.2, 0) is 9.53 Å². The smallest absolute Gasteiger partial charge is 0.406 e. The Hall–Kier alpha value is -4.69.